The van der Waals surface area contributed by atoms with Crippen LogP contribution in [0, 0.1) is 13.0 Å². The molecule has 1 saturated heterocycles. The maximum atomic E-state index is 13.7. The molecule has 0 bridgehead atoms. The molecule has 2 aromatic rings. The number of rotatable bonds is 3. The zero-order valence-electron chi connectivity index (χ0n) is 12.8. The van der Waals surface area contributed by atoms with Gasteiger partial charge in [-0.3, -0.25) is 4.79 Å². The van der Waals surface area contributed by atoms with Gasteiger partial charge in [0.05, 0.1) is 19.2 Å². The second-order valence-corrected chi connectivity index (χ2v) is 8.31. The number of hydrogen-bond acceptors (Lipinski definition) is 4. The Hall–Kier alpha value is -1.14. The van der Waals surface area contributed by atoms with Crippen molar-refractivity contribution in [2.24, 2.45) is 4.99 Å². The Morgan fingerprint density at radius 3 is 2.56 bits per heavy atom. The summed E-state index contributed by atoms with van der Waals surface area (Å²) < 4.78 is 21.0. The first-order valence-corrected chi connectivity index (χ1v) is 10.0. The molecule has 1 fully saturated rings. The highest BCUT2D eigenvalue weighted by molar-refractivity contribution is 14.1. The predicted molar refractivity (Wildman–Crippen MR) is 116 cm³/mol. The molecular formula is C17H11FI2N2O2S. The first-order valence-electron chi connectivity index (χ1n) is 7.05. The lowest BCUT2D eigenvalue weighted by Gasteiger charge is -2.07. The van der Waals surface area contributed by atoms with E-state index in [1.807, 2.05) is 12.1 Å². The van der Waals surface area contributed by atoms with Crippen LogP contribution in [0.3, 0.4) is 0 Å². The Bertz CT molecular complexity index is 892. The molecule has 0 saturated carbocycles. The number of nitrogens with zero attached hydrogens (tertiary/aromatic N) is 1. The zero-order chi connectivity index (χ0) is 18.0. The van der Waals surface area contributed by atoms with Gasteiger partial charge in [0.1, 0.15) is 17.3 Å². The van der Waals surface area contributed by atoms with Crippen LogP contribution in [0.15, 0.2) is 46.3 Å². The summed E-state index contributed by atoms with van der Waals surface area (Å²) in [7, 11) is 1.63. The van der Waals surface area contributed by atoms with E-state index >= 15 is 0 Å². The van der Waals surface area contributed by atoms with Crippen molar-refractivity contribution in [1.29, 1.82) is 0 Å². The average molecular weight is 580 g/mol. The van der Waals surface area contributed by atoms with Crippen molar-refractivity contribution >= 4 is 79.8 Å². The minimum Gasteiger partial charge on any atom is -0.495 e. The third-order valence-electron chi connectivity index (χ3n) is 3.25. The molecule has 25 heavy (non-hydrogen) atoms. The third-order valence-corrected chi connectivity index (χ3v) is 5.76. The molecule has 0 aromatic heterocycles. The van der Waals surface area contributed by atoms with Crippen molar-refractivity contribution in [3.8, 4) is 5.75 Å². The lowest BCUT2D eigenvalue weighted by atomic mass is 10.2. The SMILES string of the molecule is COc1c(I)cc(/C=C2\SC(=Nc3ccccc3F)NC2=O)cc1I. The van der Waals surface area contributed by atoms with Crippen LogP contribution < -0.4 is 10.1 Å². The number of amidine groups is 1. The number of ether oxygens (including phenoxy) is 1. The van der Waals surface area contributed by atoms with Crippen LogP contribution in [0.4, 0.5) is 10.1 Å². The van der Waals surface area contributed by atoms with Gasteiger partial charge in [0.2, 0.25) is 0 Å². The summed E-state index contributed by atoms with van der Waals surface area (Å²) in [6.45, 7) is 0. The van der Waals surface area contributed by atoms with Gasteiger partial charge in [-0.15, -0.1) is 0 Å². The van der Waals surface area contributed by atoms with Crippen molar-refractivity contribution in [2.75, 3.05) is 7.11 Å². The number of amides is 1. The fraction of sp³-hybridized carbons (Fsp3) is 0.0588. The van der Waals surface area contributed by atoms with Crippen LogP contribution in [-0.4, -0.2) is 18.2 Å². The molecule has 8 heteroatoms. The molecule has 128 valence electrons. The van der Waals surface area contributed by atoms with E-state index in [9.17, 15) is 9.18 Å². The normalized spacial score (nSPS) is 17.2. The van der Waals surface area contributed by atoms with Crippen molar-refractivity contribution in [2.45, 2.75) is 0 Å². The van der Waals surface area contributed by atoms with E-state index in [1.165, 1.54) is 17.8 Å². The van der Waals surface area contributed by atoms with Crippen LogP contribution in [0.25, 0.3) is 6.08 Å². The number of halogens is 3. The molecule has 0 radical (unpaired) electrons. The summed E-state index contributed by atoms with van der Waals surface area (Å²) in [6, 6.07) is 10.1. The smallest absolute Gasteiger partial charge is 0.264 e. The first-order chi connectivity index (χ1) is 12.0. The maximum absolute atomic E-state index is 13.7. The summed E-state index contributed by atoms with van der Waals surface area (Å²) in [5.74, 6) is 0.135. The Labute approximate surface area is 175 Å². The van der Waals surface area contributed by atoms with E-state index in [-0.39, 0.29) is 11.6 Å². The average Bonchev–Trinajstić information content (AvgIpc) is 2.89. The minimum absolute atomic E-state index is 0.195. The van der Waals surface area contributed by atoms with Gasteiger partial charge in [-0.1, -0.05) is 12.1 Å². The highest BCUT2D eigenvalue weighted by Crippen LogP contribution is 2.32. The first kappa shape index (κ1) is 18.6. The van der Waals surface area contributed by atoms with Crippen molar-refractivity contribution in [3.63, 3.8) is 0 Å². The van der Waals surface area contributed by atoms with Gasteiger partial charge in [-0.05, 0) is 92.8 Å². The lowest BCUT2D eigenvalue weighted by molar-refractivity contribution is -0.115. The molecule has 1 N–H and O–H groups in total. The number of aliphatic imine (C=N–C) groups is 1. The molecule has 0 aliphatic carbocycles. The van der Waals surface area contributed by atoms with Crippen LogP contribution >= 0.6 is 56.9 Å². The Kier molecular flexibility index (Phi) is 6.00. The summed E-state index contributed by atoms with van der Waals surface area (Å²) in [4.78, 5) is 16.8. The maximum Gasteiger partial charge on any atom is 0.264 e. The molecule has 1 heterocycles. The van der Waals surface area contributed by atoms with Gasteiger partial charge < -0.3 is 10.1 Å². The third kappa shape index (κ3) is 4.34. The number of carbonyl (C=O) groups excluding carboxylic acids is 1. The second-order valence-electron chi connectivity index (χ2n) is 4.95. The van der Waals surface area contributed by atoms with Gasteiger partial charge in [-0.25, -0.2) is 9.38 Å². The van der Waals surface area contributed by atoms with Crippen molar-refractivity contribution < 1.29 is 13.9 Å². The molecule has 0 spiro atoms. The lowest BCUT2D eigenvalue weighted by Crippen LogP contribution is -2.19. The summed E-state index contributed by atoms with van der Waals surface area (Å²) >= 11 is 5.58. The van der Waals surface area contributed by atoms with E-state index < -0.39 is 5.82 Å². The monoisotopic (exact) mass is 580 g/mol. The molecule has 2 aromatic carbocycles. The fourth-order valence-corrected chi connectivity index (χ4v) is 5.23. The van der Waals surface area contributed by atoms with Crippen LogP contribution in [0.1, 0.15) is 5.56 Å². The molecule has 1 aliphatic heterocycles. The predicted octanol–water partition coefficient (Wildman–Crippen LogP) is 4.94. The second kappa shape index (κ2) is 8.04. The van der Waals surface area contributed by atoms with Gasteiger partial charge >= 0.3 is 0 Å². The van der Waals surface area contributed by atoms with E-state index in [0.717, 1.165) is 18.5 Å². The fourth-order valence-electron chi connectivity index (χ4n) is 2.14. The van der Waals surface area contributed by atoms with Crippen molar-refractivity contribution in [1.82, 2.24) is 5.32 Å². The Balaban J connectivity index is 1.88. The largest absolute Gasteiger partial charge is 0.495 e. The molecular weight excluding hydrogens is 569 g/mol. The Morgan fingerprint density at radius 1 is 1.24 bits per heavy atom. The molecule has 0 atom stereocenters. The van der Waals surface area contributed by atoms with Crippen LogP contribution in [-0.2, 0) is 4.79 Å². The van der Waals surface area contributed by atoms with Crippen LogP contribution in [0.2, 0.25) is 0 Å². The highest BCUT2D eigenvalue weighted by Gasteiger charge is 2.24. The molecule has 4 nitrogen and oxygen atoms in total. The molecule has 3 rings (SSSR count). The van der Waals surface area contributed by atoms with E-state index in [1.54, 1.807) is 31.4 Å². The molecule has 1 amide bonds. The highest BCUT2D eigenvalue weighted by atomic mass is 127. The van der Waals surface area contributed by atoms with Crippen LogP contribution in [0.5, 0.6) is 5.75 Å². The van der Waals surface area contributed by atoms with Gasteiger partial charge in [0.15, 0.2) is 5.17 Å². The van der Waals surface area contributed by atoms with E-state index in [2.05, 4.69) is 55.5 Å². The Morgan fingerprint density at radius 2 is 1.92 bits per heavy atom. The van der Waals surface area contributed by atoms with E-state index in [4.69, 9.17) is 4.74 Å². The number of nitrogens with one attached hydrogen (secondary N) is 1. The summed E-state index contributed by atoms with van der Waals surface area (Å²) in [5.41, 5.74) is 1.08. The number of methoxy groups -OCH3 is 1. The molecule has 0 unspecified atom stereocenters. The zero-order valence-corrected chi connectivity index (χ0v) is 18.0. The quantitative estimate of drug-likeness (QED) is 0.414. The standard InChI is InChI=1S/C17H11FI2N2O2S/c1-24-15-11(19)6-9(7-12(15)20)8-14-16(23)22-17(25-14)21-13-5-3-2-4-10(13)18/h2-8H,1H3,(H,21,22,23)/b14-8-. The minimum atomic E-state index is -0.429. The number of thioether (sulfide) groups is 1. The molecule has 1 aliphatic rings. The number of carbonyl (C=O) groups is 1. The topological polar surface area (TPSA) is 50.7 Å². The number of hydrogen-bond donors (Lipinski definition) is 1. The van der Waals surface area contributed by atoms with Gasteiger partial charge in [0, 0.05) is 0 Å². The number of benzene rings is 2. The summed E-state index contributed by atoms with van der Waals surface area (Å²) in [6.07, 6.45) is 1.79. The van der Waals surface area contributed by atoms with Gasteiger partial charge in [0.25, 0.3) is 5.91 Å². The number of para-hydroxylation sites is 1. The van der Waals surface area contributed by atoms with Crippen molar-refractivity contribution in [3.05, 3.63) is 59.8 Å². The van der Waals surface area contributed by atoms with Gasteiger partial charge in [-0.2, -0.15) is 0 Å². The summed E-state index contributed by atoms with van der Waals surface area (Å²) in [5, 5.41) is 3.02. The van der Waals surface area contributed by atoms with E-state index in [0.29, 0.717) is 10.1 Å².